The molecule has 0 aliphatic heterocycles. The molecule has 0 bridgehead atoms. The van der Waals surface area contributed by atoms with Gasteiger partial charge in [-0.2, -0.15) is 0 Å². The fourth-order valence-electron chi connectivity index (χ4n) is 1.98. The van der Waals surface area contributed by atoms with Crippen molar-refractivity contribution in [3.05, 3.63) is 54.1 Å². The van der Waals surface area contributed by atoms with Gasteiger partial charge in [0.15, 0.2) is 0 Å². The highest BCUT2D eigenvalue weighted by Gasteiger charge is 2.09. The van der Waals surface area contributed by atoms with Crippen LogP contribution in [0.1, 0.15) is 12.1 Å². The summed E-state index contributed by atoms with van der Waals surface area (Å²) in [5.41, 5.74) is 8.55. The zero-order chi connectivity index (χ0) is 13.7. The third kappa shape index (κ3) is 3.51. The first kappa shape index (κ1) is 13.5. The largest absolute Gasteiger partial charge is 0.341 e. The Balaban J connectivity index is 2.32. The number of pyridine rings is 1. The Morgan fingerprint density at radius 1 is 1.16 bits per heavy atom. The summed E-state index contributed by atoms with van der Waals surface area (Å²) in [6.45, 7) is 3.38. The number of nitrogens with two attached hydrogens (primary N) is 1. The Labute approximate surface area is 112 Å². The van der Waals surface area contributed by atoms with Crippen LogP contribution in [0.25, 0.3) is 0 Å². The molecule has 0 saturated heterocycles. The second-order valence-corrected chi connectivity index (χ2v) is 4.43. The lowest BCUT2D eigenvalue weighted by molar-refractivity contribution is 0.627. The van der Waals surface area contributed by atoms with Crippen molar-refractivity contribution in [1.82, 2.24) is 4.98 Å². The molecule has 1 aromatic heterocycles. The quantitative estimate of drug-likeness (QED) is 0.897. The van der Waals surface area contributed by atoms with Gasteiger partial charge in [-0.1, -0.05) is 0 Å². The van der Waals surface area contributed by atoms with Crippen LogP contribution in [-0.2, 0) is 0 Å². The first-order valence-corrected chi connectivity index (χ1v) is 6.36. The van der Waals surface area contributed by atoms with Crippen LogP contribution in [0, 0.1) is 12.7 Å². The van der Waals surface area contributed by atoms with Gasteiger partial charge >= 0.3 is 0 Å². The molecule has 4 heteroatoms. The average Bonchev–Trinajstić information content (AvgIpc) is 2.41. The van der Waals surface area contributed by atoms with E-state index >= 15 is 0 Å². The van der Waals surface area contributed by atoms with Crippen molar-refractivity contribution < 1.29 is 4.39 Å². The molecule has 0 spiro atoms. The van der Waals surface area contributed by atoms with E-state index in [1.165, 1.54) is 12.1 Å². The fraction of sp³-hybridized carbons (Fsp3) is 0.267. The predicted octanol–water partition coefficient (Wildman–Crippen LogP) is 3.02. The van der Waals surface area contributed by atoms with Gasteiger partial charge in [0, 0.05) is 29.8 Å². The van der Waals surface area contributed by atoms with Crippen LogP contribution < -0.4 is 10.6 Å². The standard InChI is InChI=1S/C15H18FN3/c1-12-11-15(7-9-18-12)19(10-2-8-17)14-5-3-13(16)4-6-14/h3-7,9,11H,2,8,10,17H2,1H3. The van der Waals surface area contributed by atoms with Crippen molar-refractivity contribution in [2.24, 2.45) is 5.73 Å². The maximum Gasteiger partial charge on any atom is 0.123 e. The van der Waals surface area contributed by atoms with Crippen LogP contribution >= 0.6 is 0 Å². The third-order valence-electron chi connectivity index (χ3n) is 2.92. The van der Waals surface area contributed by atoms with Gasteiger partial charge in [-0.3, -0.25) is 4.98 Å². The molecule has 100 valence electrons. The van der Waals surface area contributed by atoms with Crippen LogP contribution in [0.4, 0.5) is 15.8 Å². The predicted molar refractivity (Wildman–Crippen MR) is 76.1 cm³/mol. The smallest absolute Gasteiger partial charge is 0.123 e. The molecule has 0 amide bonds. The molecular weight excluding hydrogens is 241 g/mol. The van der Waals surface area contributed by atoms with E-state index in [2.05, 4.69) is 9.88 Å². The topological polar surface area (TPSA) is 42.1 Å². The number of aromatic nitrogens is 1. The van der Waals surface area contributed by atoms with Crippen molar-refractivity contribution in [3.63, 3.8) is 0 Å². The Morgan fingerprint density at radius 3 is 2.53 bits per heavy atom. The van der Waals surface area contributed by atoms with E-state index in [1.54, 1.807) is 18.3 Å². The van der Waals surface area contributed by atoms with Crippen molar-refractivity contribution in [2.45, 2.75) is 13.3 Å². The molecule has 0 saturated carbocycles. The van der Waals surface area contributed by atoms with E-state index in [4.69, 9.17) is 5.73 Å². The molecular formula is C15H18FN3. The van der Waals surface area contributed by atoms with Crippen LogP contribution in [0.15, 0.2) is 42.6 Å². The summed E-state index contributed by atoms with van der Waals surface area (Å²) in [7, 11) is 0. The molecule has 2 aromatic rings. The van der Waals surface area contributed by atoms with Crippen molar-refractivity contribution in [2.75, 3.05) is 18.0 Å². The van der Waals surface area contributed by atoms with Gasteiger partial charge in [0.2, 0.25) is 0 Å². The zero-order valence-corrected chi connectivity index (χ0v) is 11.0. The van der Waals surface area contributed by atoms with Gasteiger partial charge in [0.05, 0.1) is 0 Å². The average molecular weight is 259 g/mol. The number of rotatable bonds is 5. The molecule has 3 nitrogen and oxygen atoms in total. The molecule has 0 unspecified atom stereocenters. The fourth-order valence-corrected chi connectivity index (χ4v) is 1.98. The van der Waals surface area contributed by atoms with Gasteiger partial charge in [-0.05, 0) is 56.3 Å². The minimum absolute atomic E-state index is 0.228. The molecule has 1 aromatic carbocycles. The van der Waals surface area contributed by atoms with Gasteiger partial charge in [-0.25, -0.2) is 4.39 Å². The van der Waals surface area contributed by atoms with E-state index in [9.17, 15) is 4.39 Å². The SMILES string of the molecule is Cc1cc(N(CCCN)c2ccc(F)cc2)ccn1. The molecule has 0 aliphatic rings. The normalized spacial score (nSPS) is 10.5. The lowest BCUT2D eigenvalue weighted by Gasteiger charge is -2.25. The Morgan fingerprint density at radius 2 is 1.89 bits per heavy atom. The number of benzene rings is 1. The molecule has 2 rings (SSSR count). The highest BCUT2D eigenvalue weighted by atomic mass is 19.1. The number of anilines is 2. The zero-order valence-electron chi connectivity index (χ0n) is 11.0. The van der Waals surface area contributed by atoms with Crippen LogP contribution in [0.2, 0.25) is 0 Å². The maximum absolute atomic E-state index is 13.0. The van der Waals surface area contributed by atoms with Gasteiger partial charge in [0.1, 0.15) is 5.82 Å². The number of hydrogen-bond acceptors (Lipinski definition) is 3. The van der Waals surface area contributed by atoms with Gasteiger partial charge in [0.25, 0.3) is 0 Å². The van der Waals surface area contributed by atoms with E-state index in [0.29, 0.717) is 6.54 Å². The second-order valence-electron chi connectivity index (χ2n) is 4.43. The van der Waals surface area contributed by atoms with E-state index in [-0.39, 0.29) is 5.82 Å². The van der Waals surface area contributed by atoms with E-state index in [1.807, 2.05) is 19.1 Å². The minimum atomic E-state index is -0.228. The summed E-state index contributed by atoms with van der Waals surface area (Å²) in [6.07, 6.45) is 2.66. The molecule has 19 heavy (non-hydrogen) atoms. The first-order valence-electron chi connectivity index (χ1n) is 6.36. The van der Waals surface area contributed by atoms with Crippen molar-refractivity contribution in [3.8, 4) is 0 Å². The highest BCUT2D eigenvalue weighted by Crippen LogP contribution is 2.25. The van der Waals surface area contributed by atoms with Crippen LogP contribution in [0.3, 0.4) is 0 Å². The molecule has 1 heterocycles. The van der Waals surface area contributed by atoms with Gasteiger partial charge in [-0.15, -0.1) is 0 Å². The lowest BCUT2D eigenvalue weighted by atomic mass is 10.2. The molecule has 0 atom stereocenters. The molecule has 0 radical (unpaired) electrons. The van der Waals surface area contributed by atoms with E-state index in [0.717, 1.165) is 30.0 Å². The third-order valence-corrected chi connectivity index (χ3v) is 2.92. The summed E-state index contributed by atoms with van der Waals surface area (Å²) in [4.78, 5) is 6.32. The summed E-state index contributed by atoms with van der Waals surface area (Å²) in [5, 5.41) is 0. The number of nitrogens with zero attached hydrogens (tertiary/aromatic N) is 2. The molecule has 0 fully saturated rings. The summed E-state index contributed by atoms with van der Waals surface area (Å²) >= 11 is 0. The van der Waals surface area contributed by atoms with Crippen molar-refractivity contribution >= 4 is 11.4 Å². The minimum Gasteiger partial charge on any atom is -0.341 e. The molecule has 0 aliphatic carbocycles. The number of aryl methyl sites for hydroxylation is 1. The highest BCUT2D eigenvalue weighted by molar-refractivity contribution is 5.63. The van der Waals surface area contributed by atoms with Crippen LogP contribution in [0.5, 0.6) is 0 Å². The monoisotopic (exact) mass is 259 g/mol. The first-order chi connectivity index (χ1) is 9.20. The number of hydrogen-bond donors (Lipinski definition) is 1. The summed E-state index contributed by atoms with van der Waals surface area (Å²) < 4.78 is 13.0. The lowest BCUT2D eigenvalue weighted by Crippen LogP contribution is -2.21. The van der Waals surface area contributed by atoms with Crippen LogP contribution in [-0.4, -0.2) is 18.1 Å². The Hall–Kier alpha value is -1.94. The number of halogens is 1. The Kier molecular flexibility index (Phi) is 4.47. The van der Waals surface area contributed by atoms with E-state index < -0.39 is 0 Å². The summed E-state index contributed by atoms with van der Waals surface area (Å²) in [5.74, 6) is -0.228. The maximum atomic E-state index is 13.0. The summed E-state index contributed by atoms with van der Waals surface area (Å²) in [6, 6.07) is 10.5. The molecule has 2 N–H and O–H groups in total. The van der Waals surface area contributed by atoms with Gasteiger partial charge < -0.3 is 10.6 Å². The van der Waals surface area contributed by atoms with Crippen molar-refractivity contribution in [1.29, 1.82) is 0 Å². The second kappa shape index (κ2) is 6.29. The Bertz CT molecular complexity index is 525.